The number of ether oxygens (including phenoxy) is 1. The molecule has 3 aliphatic heterocycles. The number of fused-ring (bicyclic) bond motifs is 5. The maximum atomic E-state index is 16.2. The van der Waals surface area contributed by atoms with Gasteiger partial charge in [-0.3, -0.25) is 4.79 Å². The Labute approximate surface area is 267 Å². The molecule has 14 heteroatoms. The molecule has 1 atom stereocenters. The van der Waals surface area contributed by atoms with Crippen LogP contribution in [0.25, 0.3) is 28.0 Å². The lowest BCUT2D eigenvalue weighted by atomic mass is 9.95. The zero-order valence-corrected chi connectivity index (χ0v) is 26.0. The van der Waals surface area contributed by atoms with Crippen LogP contribution >= 0.6 is 0 Å². The van der Waals surface area contributed by atoms with E-state index in [4.69, 9.17) is 4.74 Å². The van der Waals surface area contributed by atoms with Gasteiger partial charge in [-0.1, -0.05) is 26.5 Å². The number of aromatic nitrogens is 3. The average molecular weight is 657 g/mol. The van der Waals surface area contributed by atoms with Gasteiger partial charge in [0.2, 0.25) is 5.91 Å². The quantitative estimate of drug-likeness (QED) is 0.304. The van der Waals surface area contributed by atoms with E-state index in [0.717, 1.165) is 10.6 Å². The molecular formula is C33H33F5N6O3. The average Bonchev–Trinajstić information content (AvgIpc) is 3.02. The third-order valence-electron chi connectivity index (χ3n) is 8.64. The van der Waals surface area contributed by atoms with E-state index in [1.54, 1.807) is 15.9 Å². The van der Waals surface area contributed by atoms with Crippen LogP contribution in [0, 0.1) is 23.4 Å². The molecule has 2 bridgehead atoms. The van der Waals surface area contributed by atoms with Gasteiger partial charge in [0.25, 0.3) is 5.92 Å². The number of hydrogen-bond acceptors (Lipinski definition) is 7. The minimum atomic E-state index is -3.46. The monoisotopic (exact) mass is 656 g/mol. The first-order valence-corrected chi connectivity index (χ1v) is 15.3. The van der Waals surface area contributed by atoms with Gasteiger partial charge in [0.05, 0.1) is 16.6 Å². The number of nitrogens with zero attached hydrogens (tertiary/aromatic N) is 5. The van der Waals surface area contributed by atoms with Crippen LogP contribution in [0.5, 0.6) is 5.75 Å². The highest BCUT2D eigenvalue weighted by Crippen LogP contribution is 2.40. The zero-order valence-electron chi connectivity index (χ0n) is 26.0. The van der Waals surface area contributed by atoms with Crippen molar-refractivity contribution in [1.29, 1.82) is 0 Å². The summed E-state index contributed by atoms with van der Waals surface area (Å²) in [5.41, 5.74) is -1.05. The first kappa shape index (κ1) is 32.2. The van der Waals surface area contributed by atoms with Crippen molar-refractivity contribution in [2.24, 2.45) is 5.92 Å². The summed E-state index contributed by atoms with van der Waals surface area (Å²) in [6.45, 7) is 8.93. The van der Waals surface area contributed by atoms with Gasteiger partial charge in [0.15, 0.2) is 18.1 Å². The maximum Gasteiger partial charge on any atom is 0.355 e. The Hall–Kier alpha value is -4.75. The molecule has 5 heterocycles. The van der Waals surface area contributed by atoms with Crippen molar-refractivity contribution in [3.05, 3.63) is 76.1 Å². The number of amides is 1. The number of hydrogen-bond donors (Lipinski definition) is 1. The van der Waals surface area contributed by atoms with Crippen molar-refractivity contribution in [2.75, 3.05) is 37.7 Å². The molecule has 9 nitrogen and oxygen atoms in total. The second-order valence-corrected chi connectivity index (χ2v) is 12.2. The molecule has 1 N–H and O–H groups in total. The lowest BCUT2D eigenvalue weighted by Gasteiger charge is -2.40. The molecule has 3 aromatic rings. The van der Waals surface area contributed by atoms with Crippen LogP contribution in [0.2, 0.25) is 0 Å². The predicted molar refractivity (Wildman–Crippen MR) is 167 cm³/mol. The summed E-state index contributed by atoms with van der Waals surface area (Å²) in [5.74, 6) is -7.99. The summed E-state index contributed by atoms with van der Waals surface area (Å²) in [5, 5.41) is 3.32. The molecule has 6 rings (SSSR count). The molecule has 1 unspecified atom stereocenters. The van der Waals surface area contributed by atoms with E-state index in [1.165, 1.54) is 6.08 Å². The van der Waals surface area contributed by atoms with Crippen molar-refractivity contribution >= 4 is 28.5 Å². The predicted octanol–water partition coefficient (Wildman–Crippen LogP) is 5.26. The van der Waals surface area contributed by atoms with Gasteiger partial charge in [-0.15, -0.1) is 0 Å². The molecule has 3 aliphatic rings. The van der Waals surface area contributed by atoms with Gasteiger partial charge in [-0.25, -0.2) is 36.3 Å². The molecule has 47 heavy (non-hydrogen) atoms. The summed E-state index contributed by atoms with van der Waals surface area (Å²) in [7, 11) is 0. The second kappa shape index (κ2) is 12.1. The first-order chi connectivity index (χ1) is 22.3. The topological polar surface area (TPSA) is 92.6 Å². The van der Waals surface area contributed by atoms with Gasteiger partial charge in [-0.05, 0) is 37.0 Å². The Morgan fingerprint density at radius 1 is 1.15 bits per heavy atom. The summed E-state index contributed by atoms with van der Waals surface area (Å²) in [6.07, 6.45) is 2.00. The van der Waals surface area contributed by atoms with Crippen molar-refractivity contribution in [3.8, 4) is 17.0 Å². The Balaban J connectivity index is 1.68. The number of carbonyl (C=O) groups is 1. The van der Waals surface area contributed by atoms with Gasteiger partial charge < -0.3 is 19.9 Å². The molecule has 248 valence electrons. The van der Waals surface area contributed by atoms with E-state index in [9.17, 15) is 14.0 Å². The molecule has 2 aromatic heterocycles. The van der Waals surface area contributed by atoms with Gasteiger partial charge >= 0.3 is 5.69 Å². The number of pyridine rings is 1. The van der Waals surface area contributed by atoms with E-state index in [1.807, 2.05) is 20.8 Å². The molecule has 1 fully saturated rings. The normalized spacial score (nSPS) is 19.6. The number of piperazine rings is 1. The molecule has 0 spiro atoms. The van der Waals surface area contributed by atoms with Crippen molar-refractivity contribution in [1.82, 2.24) is 24.8 Å². The molecule has 0 saturated carbocycles. The SMILES string of the molecule is C=CC(=O)N1CCN(c2nc(=O)n3c4nc(c(F)cc24)-c2c(F)cc(F)cc2OCC(F)(F)CCC2=CCNC(C(C)C)=C23)C(C)C1. The highest BCUT2D eigenvalue weighted by molar-refractivity contribution is 5.93. The molecule has 1 amide bonds. The van der Waals surface area contributed by atoms with Crippen LogP contribution in [0.15, 0.2) is 53.0 Å². The Morgan fingerprint density at radius 3 is 2.62 bits per heavy atom. The number of anilines is 1. The Kier molecular flexibility index (Phi) is 8.30. The first-order valence-electron chi connectivity index (χ1n) is 15.3. The number of halogens is 5. The molecule has 1 aromatic carbocycles. The van der Waals surface area contributed by atoms with Crippen LogP contribution in [0.1, 0.15) is 33.6 Å². The maximum absolute atomic E-state index is 16.2. The number of carbonyl (C=O) groups excluding carboxylic acids is 1. The molecule has 1 saturated heterocycles. The van der Waals surface area contributed by atoms with E-state index < -0.39 is 59.1 Å². The van der Waals surface area contributed by atoms with E-state index in [-0.39, 0.29) is 66.5 Å². The van der Waals surface area contributed by atoms with Crippen LogP contribution in [0.4, 0.5) is 27.8 Å². The van der Waals surface area contributed by atoms with Crippen molar-refractivity contribution < 1.29 is 31.5 Å². The van der Waals surface area contributed by atoms with Gasteiger partial charge in [-0.2, -0.15) is 4.98 Å². The number of rotatable bonds is 3. The fraction of sp³-hybridized carbons (Fsp3) is 0.394. The highest BCUT2D eigenvalue weighted by Gasteiger charge is 2.36. The summed E-state index contributed by atoms with van der Waals surface area (Å²) in [4.78, 5) is 38.7. The fourth-order valence-corrected chi connectivity index (χ4v) is 6.37. The lowest BCUT2D eigenvalue weighted by Crippen LogP contribution is -2.54. The summed E-state index contributed by atoms with van der Waals surface area (Å²) in [6, 6.07) is 1.86. The van der Waals surface area contributed by atoms with Crippen LogP contribution in [-0.4, -0.2) is 70.1 Å². The Bertz CT molecular complexity index is 1920. The second-order valence-electron chi connectivity index (χ2n) is 12.2. The van der Waals surface area contributed by atoms with Gasteiger partial charge in [0, 0.05) is 56.5 Å². The van der Waals surface area contributed by atoms with Crippen LogP contribution < -0.4 is 20.6 Å². The molecular weight excluding hydrogens is 623 g/mol. The van der Waals surface area contributed by atoms with E-state index in [2.05, 4.69) is 21.9 Å². The highest BCUT2D eigenvalue weighted by atomic mass is 19.3. The fourth-order valence-electron chi connectivity index (χ4n) is 6.37. The number of alkyl halides is 2. The minimum absolute atomic E-state index is 0.0882. The van der Waals surface area contributed by atoms with E-state index in [0.29, 0.717) is 29.9 Å². The van der Waals surface area contributed by atoms with Crippen LogP contribution in [-0.2, 0) is 4.79 Å². The number of benzene rings is 1. The standard InChI is InChI=1S/C33H33F5N6O3/c1-5-25(45)42-10-11-43(18(4)15-42)30-21-14-23(36)28-26-22(35)12-20(34)13-24(26)47-16-33(37,38)8-6-19-7-9-39-27(17(2)3)29(19)44(31(21)40-28)32(46)41-30/h5,7,12-14,17-18,39H,1,6,8-11,15-16H2,2-4H3. The van der Waals surface area contributed by atoms with Crippen molar-refractivity contribution in [2.45, 2.75) is 45.6 Å². The van der Waals surface area contributed by atoms with Crippen molar-refractivity contribution in [3.63, 3.8) is 0 Å². The molecule has 0 radical (unpaired) electrons. The molecule has 0 aliphatic carbocycles. The smallest absolute Gasteiger partial charge is 0.355 e. The minimum Gasteiger partial charge on any atom is -0.486 e. The number of nitrogens with one attached hydrogen (secondary N) is 1. The number of allylic oxidation sites excluding steroid dienone is 3. The Morgan fingerprint density at radius 2 is 1.91 bits per heavy atom. The van der Waals surface area contributed by atoms with E-state index >= 15 is 17.6 Å². The lowest BCUT2D eigenvalue weighted by molar-refractivity contribution is -0.126. The largest absolute Gasteiger partial charge is 0.486 e. The zero-order chi connectivity index (χ0) is 33.8. The summed E-state index contributed by atoms with van der Waals surface area (Å²) >= 11 is 0. The van der Waals surface area contributed by atoms with Crippen LogP contribution in [0.3, 0.4) is 0 Å². The number of dihydropyridines is 1. The van der Waals surface area contributed by atoms with Gasteiger partial charge in [0.1, 0.15) is 28.9 Å². The third-order valence-corrected chi connectivity index (χ3v) is 8.64. The summed E-state index contributed by atoms with van der Waals surface area (Å²) < 4.78 is 82.9. The third kappa shape index (κ3) is 5.85.